The van der Waals surface area contributed by atoms with E-state index in [0.29, 0.717) is 18.5 Å². The average Bonchev–Trinajstić information content (AvgIpc) is 3.16. The van der Waals surface area contributed by atoms with Gasteiger partial charge in [0.1, 0.15) is 0 Å². The fourth-order valence-electron chi connectivity index (χ4n) is 1.93. The predicted molar refractivity (Wildman–Crippen MR) is 82.3 cm³/mol. The molecule has 114 valence electrons. The third-order valence-corrected chi connectivity index (χ3v) is 5.14. The number of aliphatic hydroxyl groups excluding tert-OH is 1. The third kappa shape index (κ3) is 4.31. The van der Waals surface area contributed by atoms with E-state index in [1.807, 2.05) is 6.92 Å². The summed E-state index contributed by atoms with van der Waals surface area (Å²) in [5.74, 6) is 5.63. The van der Waals surface area contributed by atoms with Gasteiger partial charge in [0.05, 0.1) is 11.5 Å². The lowest BCUT2D eigenvalue weighted by Crippen LogP contribution is -2.29. The second kappa shape index (κ2) is 6.18. The highest BCUT2D eigenvalue weighted by Crippen LogP contribution is 2.44. The highest BCUT2D eigenvalue weighted by Gasteiger charge is 2.38. The van der Waals surface area contributed by atoms with Gasteiger partial charge >= 0.3 is 0 Å². The van der Waals surface area contributed by atoms with Crippen LogP contribution in [0.3, 0.4) is 0 Å². The van der Waals surface area contributed by atoms with Crippen LogP contribution in [-0.4, -0.2) is 26.7 Å². The van der Waals surface area contributed by atoms with Gasteiger partial charge in [-0.15, -0.1) is 0 Å². The number of nitrogens with one attached hydrogen (secondary N) is 1. The predicted octanol–water partition coefficient (Wildman–Crippen LogP) is 1.81. The summed E-state index contributed by atoms with van der Waals surface area (Å²) in [7, 11) is -3.55. The lowest BCUT2D eigenvalue weighted by Gasteiger charge is -2.12. The second-order valence-electron chi connectivity index (χ2n) is 5.91. The number of hydrogen-bond acceptors (Lipinski definition) is 3. The molecule has 1 aliphatic rings. The fourth-order valence-corrected chi connectivity index (χ4v) is 3.27. The summed E-state index contributed by atoms with van der Waals surface area (Å²) < 4.78 is 27.6. The van der Waals surface area contributed by atoms with Crippen LogP contribution in [-0.2, 0) is 10.0 Å². The zero-order valence-electron chi connectivity index (χ0n) is 12.4. The minimum absolute atomic E-state index is 0.0303. The van der Waals surface area contributed by atoms with Gasteiger partial charge in [-0.2, -0.15) is 0 Å². The molecule has 4 nitrogen and oxygen atoms in total. The number of sulfonamides is 1. The molecule has 1 aromatic carbocycles. The van der Waals surface area contributed by atoms with E-state index in [0.717, 1.165) is 18.4 Å². The Morgan fingerprint density at radius 3 is 2.71 bits per heavy atom. The lowest BCUT2D eigenvalue weighted by molar-refractivity contribution is 0.305. The van der Waals surface area contributed by atoms with Crippen LogP contribution in [0.5, 0.6) is 0 Å². The Labute approximate surface area is 126 Å². The first kappa shape index (κ1) is 16.0. The molecule has 0 saturated heterocycles. The van der Waals surface area contributed by atoms with Gasteiger partial charge in [-0.05, 0) is 42.9 Å². The van der Waals surface area contributed by atoms with Crippen molar-refractivity contribution in [3.63, 3.8) is 0 Å². The standard InChI is InChI=1S/C16H21NO3S/c1-13-6-7-15(14(11-13)5-3-4-10-18)21(19,20)17-12-16(2)8-9-16/h6-7,11,17-18H,4,8-10,12H2,1-2H3. The molecule has 0 atom stereocenters. The SMILES string of the molecule is Cc1ccc(S(=O)(=O)NCC2(C)CC2)c(C#CCCO)c1. The molecular formula is C16H21NO3S. The number of rotatable bonds is 5. The third-order valence-electron chi connectivity index (χ3n) is 3.68. The van der Waals surface area contributed by atoms with E-state index in [4.69, 9.17) is 5.11 Å². The summed E-state index contributed by atoms with van der Waals surface area (Å²) in [6.45, 7) is 4.41. The van der Waals surface area contributed by atoms with Crippen molar-refractivity contribution < 1.29 is 13.5 Å². The van der Waals surface area contributed by atoms with E-state index in [-0.39, 0.29) is 16.9 Å². The highest BCUT2D eigenvalue weighted by atomic mass is 32.2. The van der Waals surface area contributed by atoms with Crippen LogP contribution >= 0.6 is 0 Å². The first-order valence-electron chi connectivity index (χ1n) is 7.06. The maximum Gasteiger partial charge on any atom is 0.241 e. The first-order chi connectivity index (χ1) is 9.86. The zero-order chi connectivity index (χ0) is 15.5. The summed E-state index contributed by atoms with van der Waals surface area (Å²) in [6, 6.07) is 5.12. The van der Waals surface area contributed by atoms with Crippen molar-refractivity contribution >= 4 is 10.0 Å². The van der Waals surface area contributed by atoms with Gasteiger partial charge in [0.2, 0.25) is 10.0 Å². The number of aryl methyl sites for hydroxylation is 1. The lowest BCUT2D eigenvalue weighted by atomic mass is 10.1. The molecule has 1 aliphatic carbocycles. The molecule has 0 amide bonds. The molecule has 0 aliphatic heterocycles. The molecule has 2 N–H and O–H groups in total. The molecule has 21 heavy (non-hydrogen) atoms. The molecule has 0 unspecified atom stereocenters. The second-order valence-corrected chi connectivity index (χ2v) is 7.65. The number of hydrogen-bond donors (Lipinski definition) is 2. The van der Waals surface area contributed by atoms with Crippen LogP contribution < -0.4 is 4.72 Å². The maximum absolute atomic E-state index is 12.4. The van der Waals surface area contributed by atoms with Crippen molar-refractivity contribution in [3.8, 4) is 11.8 Å². The Kier molecular flexibility index (Phi) is 4.72. The molecule has 0 radical (unpaired) electrons. The van der Waals surface area contributed by atoms with Crippen LogP contribution in [0.1, 0.15) is 37.3 Å². The van der Waals surface area contributed by atoms with Gasteiger partial charge in [0.15, 0.2) is 0 Å². The van der Waals surface area contributed by atoms with Crippen LogP contribution in [0.2, 0.25) is 0 Å². The zero-order valence-corrected chi connectivity index (χ0v) is 13.3. The molecule has 1 fully saturated rings. The highest BCUT2D eigenvalue weighted by molar-refractivity contribution is 7.89. The van der Waals surface area contributed by atoms with E-state index in [1.165, 1.54) is 0 Å². The van der Waals surface area contributed by atoms with Crippen molar-refractivity contribution in [1.29, 1.82) is 0 Å². The number of benzene rings is 1. The summed E-state index contributed by atoms with van der Waals surface area (Å²) in [5.41, 5.74) is 1.55. The molecule has 1 aromatic rings. The van der Waals surface area contributed by atoms with Gasteiger partial charge in [0, 0.05) is 18.5 Å². The number of aliphatic hydroxyl groups is 1. The van der Waals surface area contributed by atoms with Gasteiger partial charge < -0.3 is 5.11 Å². The monoisotopic (exact) mass is 307 g/mol. The van der Waals surface area contributed by atoms with Crippen LogP contribution in [0.25, 0.3) is 0 Å². The fraction of sp³-hybridized carbons (Fsp3) is 0.500. The van der Waals surface area contributed by atoms with E-state index >= 15 is 0 Å². The topological polar surface area (TPSA) is 66.4 Å². The molecule has 5 heteroatoms. The molecule has 1 saturated carbocycles. The van der Waals surface area contributed by atoms with Crippen molar-refractivity contribution in [2.75, 3.05) is 13.2 Å². The van der Waals surface area contributed by atoms with E-state index in [1.54, 1.807) is 18.2 Å². The van der Waals surface area contributed by atoms with Gasteiger partial charge in [0.25, 0.3) is 0 Å². The molecule has 0 aromatic heterocycles. The van der Waals surface area contributed by atoms with Crippen molar-refractivity contribution in [1.82, 2.24) is 4.72 Å². The molecular weight excluding hydrogens is 286 g/mol. The van der Waals surface area contributed by atoms with Crippen LogP contribution in [0.4, 0.5) is 0 Å². The van der Waals surface area contributed by atoms with Crippen LogP contribution in [0.15, 0.2) is 23.1 Å². The smallest absolute Gasteiger partial charge is 0.241 e. The van der Waals surface area contributed by atoms with E-state index < -0.39 is 10.0 Å². The van der Waals surface area contributed by atoms with Crippen molar-refractivity contribution in [3.05, 3.63) is 29.3 Å². The van der Waals surface area contributed by atoms with Gasteiger partial charge in [-0.25, -0.2) is 13.1 Å². The minimum Gasteiger partial charge on any atom is -0.395 e. The van der Waals surface area contributed by atoms with E-state index in [2.05, 4.69) is 23.5 Å². The van der Waals surface area contributed by atoms with E-state index in [9.17, 15) is 8.42 Å². The Morgan fingerprint density at radius 2 is 2.10 bits per heavy atom. The summed E-state index contributed by atoms with van der Waals surface area (Å²) >= 11 is 0. The summed E-state index contributed by atoms with van der Waals surface area (Å²) in [5, 5.41) is 8.78. The summed E-state index contributed by atoms with van der Waals surface area (Å²) in [4.78, 5) is 0.211. The molecule has 0 spiro atoms. The minimum atomic E-state index is -3.55. The summed E-state index contributed by atoms with van der Waals surface area (Å²) in [6.07, 6.45) is 2.46. The average molecular weight is 307 g/mol. The van der Waals surface area contributed by atoms with Crippen LogP contribution in [0, 0.1) is 24.2 Å². The molecule has 0 bridgehead atoms. The first-order valence-corrected chi connectivity index (χ1v) is 8.55. The quantitative estimate of drug-likeness (QED) is 0.815. The van der Waals surface area contributed by atoms with Gasteiger partial charge in [-0.1, -0.05) is 24.8 Å². The van der Waals surface area contributed by atoms with Crippen molar-refractivity contribution in [2.24, 2.45) is 5.41 Å². The molecule has 0 heterocycles. The maximum atomic E-state index is 12.4. The van der Waals surface area contributed by atoms with Gasteiger partial charge in [-0.3, -0.25) is 0 Å². The largest absolute Gasteiger partial charge is 0.395 e. The Balaban J connectivity index is 2.27. The molecule has 2 rings (SSSR count). The normalized spacial score (nSPS) is 16.1. The Bertz CT molecular complexity index is 679. The van der Waals surface area contributed by atoms with Crippen molar-refractivity contribution in [2.45, 2.75) is 38.0 Å². The Morgan fingerprint density at radius 1 is 1.38 bits per heavy atom. The Hall–Kier alpha value is -1.35.